The van der Waals surface area contributed by atoms with Gasteiger partial charge in [0, 0.05) is 12.5 Å². The van der Waals surface area contributed by atoms with E-state index in [-0.39, 0.29) is 30.0 Å². The van der Waals surface area contributed by atoms with Crippen LogP contribution in [0.2, 0.25) is 0 Å². The molecule has 0 atom stereocenters. The third kappa shape index (κ3) is 5.19. The van der Waals surface area contributed by atoms with Gasteiger partial charge in [0.25, 0.3) is 0 Å². The molecule has 2 rings (SSSR count). The maximum atomic E-state index is 12.2. The van der Waals surface area contributed by atoms with Gasteiger partial charge in [-0.2, -0.15) is 8.78 Å². The summed E-state index contributed by atoms with van der Waals surface area (Å²) in [5.41, 5.74) is 0.663. The molecular weight excluding hydrogens is 308 g/mol. The summed E-state index contributed by atoms with van der Waals surface area (Å²) >= 11 is 0. The van der Waals surface area contributed by atoms with E-state index in [1.165, 1.54) is 12.1 Å². The standard InChI is InChI=1S/C16H19F2NO4/c17-16(18)23-13-3-1-2-10(8-13)9-19-14(20)11-4-6-12(7-5-11)15(21)22/h1-3,8,11-12,16H,4-7,9H2,(H,19,20)(H,21,22). The number of carboxylic acids is 1. The number of benzene rings is 1. The molecule has 1 saturated carbocycles. The van der Waals surface area contributed by atoms with Gasteiger partial charge in [-0.3, -0.25) is 9.59 Å². The number of amides is 1. The van der Waals surface area contributed by atoms with Gasteiger partial charge >= 0.3 is 12.6 Å². The molecule has 0 aromatic heterocycles. The molecule has 2 N–H and O–H groups in total. The van der Waals surface area contributed by atoms with Gasteiger partial charge in [-0.05, 0) is 43.4 Å². The summed E-state index contributed by atoms with van der Waals surface area (Å²) in [6.07, 6.45) is 2.12. The molecule has 1 amide bonds. The van der Waals surface area contributed by atoms with E-state index in [0.717, 1.165) is 0 Å². The van der Waals surface area contributed by atoms with Crippen molar-refractivity contribution in [2.75, 3.05) is 0 Å². The van der Waals surface area contributed by atoms with Gasteiger partial charge < -0.3 is 15.2 Å². The average Bonchev–Trinajstić information content (AvgIpc) is 2.52. The highest BCUT2D eigenvalue weighted by molar-refractivity contribution is 5.79. The summed E-state index contributed by atoms with van der Waals surface area (Å²) in [5, 5.41) is 11.7. The molecule has 1 fully saturated rings. The van der Waals surface area contributed by atoms with Crippen LogP contribution in [0.5, 0.6) is 5.75 Å². The van der Waals surface area contributed by atoms with E-state index in [1.54, 1.807) is 12.1 Å². The number of carbonyl (C=O) groups excluding carboxylic acids is 1. The van der Waals surface area contributed by atoms with E-state index >= 15 is 0 Å². The highest BCUT2D eigenvalue weighted by atomic mass is 19.3. The van der Waals surface area contributed by atoms with Gasteiger partial charge in [0.2, 0.25) is 5.91 Å². The molecule has 23 heavy (non-hydrogen) atoms. The largest absolute Gasteiger partial charge is 0.481 e. The molecule has 1 aliphatic carbocycles. The summed E-state index contributed by atoms with van der Waals surface area (Å²) in [4.78, 5) is 23.0. The van der Waals surface area contributed by atoms with Gasteiger partial charge in [0.15, 0.2) is 0 Å². The molecule has 126 valence electrons. The quantitative estimate of drug-likeness (QED) is 0.842. The SMILES string of the molecule is O=C(O)C1CCC(C(=O)NCc2cccc(OC(F)F)c2)CC1. The van der Waals surface area contributed by atoms with Crippen molar-refractivity contribution >= 4 is 11.9 Å². The normalized spacial score (nSPS) is 21.0. The minimum atomic E-state index is -2.88. The Hall–Kier alpha value is -2.18. The molecule has 0 bridgehead atoms. The van der Waals surface area contributed by atoms with Gasteiger partial charge in [-0.15, -0.1) is 0 Å². The molecule has 5 nitrogen and oxygen atoms in total. The lowest BCUT2D eigenvalue weighted by atomic mass is 9.81. The molecule has 0 aliphatic heterocycles. The van der Waals surface area contributed by atoms with E-state index in [1.807, 2.05) is 0 Å². The van der Waals surface area contributed by atoms with Gasteiger partial charge in [-0.1, -0.05) is 12.1 Å². The van der Waals surface area contributed by atoms with E-state index in [0.29, 0.717) is 31.2 Å². The first kappa shape index (κ1) is 17.2. The molecule has 1 aromatic rings. The Labute approximate surface area is 132 Å². The monoisotopic (exact) mass is 327 g/mol. The molecule has 0 radical (unpaired) electrons. The van der Waals surface area contributed by atoms with Gasteiger partial charge in [-0.25, -0.2) is 0 Å². The van der Waals surface area contributed by atoms with E-state index in [4.69, 9.17) is 5.11 Å². The number of halogens is 2. The molecule has 1 aliphatic rings. The number of carboxylic acid groups (broad SMARTS) is 1. The Morgan fingerprint density at radius 1 is 1.22 bits per heavy atom. The van der Waals surface area contributed by atoms with Crippen molar-refractivity contribution in [1.29, 1.82) is 0 Å². The van der Waals surface area contributed by atoms with Crippen LogP contribution in [-0.2, 0) is 16.1 Å². The highest BCUT2D eigenvalue weighted by Crippen LogP contribution is 2.29. The number of aliphatic carboxylic acids is 1. The number of alkyl halides is 2. The first-order chi connectivity index (χ1) is 11.0. The van der Waals surface area contributed by atoms with Crippen LogP contribution in [-0.4, -0.2) is 23.6 Å². The van der Waals surface area contributed by atoms with Crippen LogP contribution in [0.3, 0.4) is 0 Å². The zero-order valence-corrected chi connectivity index (χ0v) is 12.5. The van der Waals surface area contributed by atoms with Crippen molar-refractivity contribution in [2.24, 2.45) is 11.8 Å². The fourth-order valence-corrected chi connectivity index (χ4v) is 2.77. The molecule has 1 aromatic carbocycles. The Morgan fingerprint density at radius 3 is 2.48 bits per heavy atom. The minimum absolute atomic E-state index is 0.0497. The third-order valence-corrected chi connectivity index (χ3v) is 4.04. The smallest absolute Gasteiger partial charge is 0.387 e. The van der Waals surface area contributed by atoms with Crippen molar-refractivity contribution in [3.63, 3.8) is 0 Å². The van der Waals surface area contributed by atoms with Crippen LogP contribution in [0.25, 0.3) is 0 Å². The lowest BCUT2D eigenvalue weighted by Gasteiger charge is -2.25. The fraction of sp³-hybridized carbons (Fsp3) is 0.500. The van der Waals surface area contributed by atoms with Crippen molar-refractivity contribution in [2.45, 2.75) is 38.8 Å². The van der Waals surface area contributed by atoms with Crippen LogP contribution in [0.4, 0.5) is 8.78 Å². The maximum Gasteiger partial charge on any atom is 0.387 e. The molecule has 0 heterocycles. The van der Waals surface area contributed by atoms with E-state index in [2.05, 4.69) is 10.1 Å². The predicted molar refractivity (Wildman–Crippen MR) is 78.0 cm³/mol. The maximum absolute atomic E-state index is 12.2. The molecular formula is C16H19F2NO4. The minimum Gasteiger partial charge on any atom is -0.481 e. The van der Waals surface area contributed by atoms with E-state index < -0.39 is 12.6 Å². The summed E-state index contributed by atoms with van der Waals surface area (Å²) in [7, 11) is 0. The lowest BCUT2D eigenvalue weighted by molar-refractivity contribution is -0.144. The number of rotatable bonds is 6. The summed E-state index contributed by atoms with van der Waals surface area (Å²) in [6, 6.07) is 6.16. The third-order valence-electron chi connectivity index (χ3n) is 4.04. The molecule has 0 saturated heterocycles. The highest BCUT2D eigenvalue weighted by Gasteiger charge is 2.29. The first-order valence-corrected chi connectivity index (χ1v) is 7.50. The molecule has 0 unspecified atom stereocenters. The molecule has 7 heteroatoms. The Kier molecular flexibility index (Phi) is 5.90. The first-order valence-electron chi connectivity index (χ1n) is 7.50. The van der Waals surface area contributed by atoms with Crippen LogP contribution in [0, 0.1) is 11.8 Å². The second-order valence-corrected chi connectivity index (χ2v) is 5.63. The van der Waals surface area contributed by atoms with Crippen LogP contribution >= 0.6 is 0 Å². The van der Waals surface area contributed by atoms with E-state index in [9.17, 15) is 18.4 Å². The van der Waals surface area contributed by atoms with Crippen LogP contribution in [0.1, 0.15) is 31.2 Å². The summed E-state index contributed by atoms with van der Waals surface area (Å²) < 4.78 is 28.6. The zero-order valence-electron chi connectivity index (χ0n) is 12.5. The topological polar surface area (TPSA) is 75.6 Å². The van der Waals surface area contributed by atoms with Crippen LogP contribution < -0.4 is 10.1 Å². The number of carbonyl (C=O) groups is 2. The second kappa shape index (κ2) is 7.89. The zero-order chi connectivity index (χ0) is 16.8. The van der Waals surface area contributed by atoms with Crippen molar-refractivity contribution in [1.82, 2.24) is 5.32 Å². The van der Waals surface area contributed by atoms with Crippen LogP contribution in [0.15, 0.2) is 24.3 Å². The molecule has 0 spiro atoms. The lowest BCUT2D eigenvalue weighted by Crippen LogP contribution is -2.34. The summed E-state index contributed by atoms with van der Waals surface area (Å²) in [5.74, 6) is -1.43. The number of ether oxygens (including phenoxy) is 1. The van der Waals surface area contributed by atoms with Crippen molar-refractivity contribution < 1.29 is 28.2 Å². The Morgan fingerprint density at radius 2 is 1.87 bits per heavy atom. The van der Waals surface area contributed by atoms with Gasteiger partial charge in [0.05, 0.1) is 5.92 Å². The van der Waals surface area contributed by atoms with Gasteiger partial charge in [0.1, 0.15) is 5.75 Å². The van der Waals surface area contributed by atoms with Crippen molar-refractivity contribution in [3.05, 3.63) is 29.8 Å². The number of hydrogen-bond donors (Lipinski definition) is 2. The Balaban J connectivity index is 1.82. The Bertz CT molecular complexity index is 557. The van der Waals surface area contributed by atoms with Crippen molar-refractivity contribution in [3.8, 4) is 5.75 Å². The second-order valence-electron chi connectivity index (χ2n) is 5.63. The average molecular weight is 327 g/mol. The number of nitrogens with one attached hydrogen (secondary N) is 1. The fourth-order valence-electron chi connectivity index (χ4n) is 2.77. The summed E-state index contributed by atoms with van der Waals surface area (Å²) in [6.45, 7) is -2.66. The predicted octanol–water partition coefficient (Wildman–Crippen LogP) is 2.80. The number of hydrogen-bond acceptors (Lipinski definition) is 3.